The number of aromatic nitrogens is 4. The van der Waals surface area contributed by atoms with Crippen LogP contribution in [0.1, 0.15) is 65.5 Å². The van der Waals surface area contributed by atoms with Crippen molar-refractivity contribution < 1.29 is 24.1 Å². The number of anilines is 4. The highest BCUT2D eigenvalue weighted by atomic mass is 32.1. The number of fused-ring (bicyclic) bond motifs is 1. The van der Waals surface area contributed by atoms with Crippen molar-refractivity contribution in [1.82, 2.24) is 20.2 Å². The van der Waals surface area contributed by atoms with Crippen molar-refractivity contribution in [3.63, 3.8) is 0 Å². The van der Waals surface area contributed by atoms with Crippen LogP contribution in [0, 0.1) is 12.7 Å². The van der Waals surface area contributed by atoms with Gasteiger partial charge in [-0.15, -0.1) is 21.5 Å². The molecule has 246 valence electrons. The summed E-state index contributed by atoms with van der Waals surface area (Å²) in [6, 6.07) is 14.6. The molecule has 5 aromatic rings. The number of carboxylic acids is 1. The van der Waals surface area contributed by atoms with Gasteiger partial charge in [-0.3, -0.25) is 0 Å². The molecule has 0 saturated heterocycles. The van der Waals surface area contributed by atoms with Crippen molar-refractivity contribution in [2.75, 3.05) is 30.0 Å². The molecule has 0 bridgehead atoms. The predicted octanol–water partition coefficient (Wildman–Crippen LogP) is 8.17. The van der Waals surface area contributed by atoms with E-state index >= 15 is 0 Å². The number of aliphatic hydroxyl groups excluding tert-OH is 1. The third-order valence-electron chi connectivity index (χ3n) is 7.20. The van der Waals surface area contributed by atoms with E-state index in [2.05, 4.69) is 32.4 Å². The molecule has 3 N–H and O–H groups in total. The van der Waals surface area contributed by atoms with Crippen LogP contribution < -0.4 is 15.0 Å². The van der Waals surface area contributed by atoms with Crippen molar-refractivity contribution >= 4 is 66.8 Å². The van der Waals surface area contributed by atoms with Gasteiger partial charge >= 0.3 is 5.97 Å². The van der Waals surface area contributed by atoms with Crippen molar-refractivity contribution in [2.45, 2.75) is 52.4 Å². The summed E-state index contributed by atoms with van der Waals surface area (Å²) in [5.74, 6) is -0.334. The van der Waals surface area contributed by atoms with Gasteiger partial charge in [-0.25, -0.2) is 19.2 Å². The first kappa shape index (κ1) is 33.9. The molecule has 0 aliphatic carbocycles. The standard InChI is InChI=1S/C34H37FN6O4S2/c1-3-4-5-11-23-15-16-26(24(35)21-23)45-19-10-14-28-30(32(43)44)37-34(47-28)41(17-8-9-18-42)29-20-22(2)31(40-39-29)38-33-36-25-12-6-7-13-27(25)46-33/h5-7,11-13,15-16,20-21,42H,3-4,8-10,14,17-19H2,1-2H3,(H,43,44)(H,36,38,40)/b11-5+. The van der Waals surface area contributed by atoms with E-state index in [9.17, 15) is 19.4 Å². The van der Waals surface area contributed by atoms with Crippen LogP contribution in [0.2, 0.25) is 0 Å². The zero-order chi connectivity index (χ0) is 33.2. The Morgan fingerprint density at radius 2 is 1.94 bits per heavy atom. The fourth-order valence-corrected chi connectivity index (χ4v) is 6.77. The Labute approximate surface area is 280 Å². The lowest BCUT2D eigenvalue weighted by molar-refractivity contribution is 0.0690. The molecule has 13 heteroatoms. The van der Waals surface area contributed by atoms with E-state index in [1.807, 2.05) is 60.4 Å². The third-order valence-corrected chi connectivity index (χ3v) is 9.29. The average Bonchev–Trinajstić information content (AvgIpc) is 3.67. The summed E-state index contributed by atoms with van der Waals surface area (Å²) in [4.78, 5) is 23.7. The minimum Gasteiger partial charge on any atom is -0.491 e. The van der Waals surface area contributed by atoms with Crippen molar-refractivity contribution in [2.24, 2.45) is 0 Å². The Morgan fingerprint density at radius 1 is 1.09 bits per heavy atom. The number of halogens is 1. The number of nitrogens with one attached hydrogen (secondary N) is 1. The highest BCUT2D eigenvalue weighted by molar-refractivity contribution is 7.22. The fourth-order valence-electron chi connectivity index (χ4n) is 4.77. The number of ether oxygens (including phenoxy) is 1. The molecular weight excluding hydrogens is 640 g/mol. The molecular formula is C34H37FN6O4S2. The number of rotatable bonds is 17. The van der Waals surface area contributed by atoms with Gasteiger partial charge in [-0.2, -0.15) is 0 Å². The second-order valence-electron chi connectivity index (χ2n) is 10.8. The van der Waals surface area contributed by atoms with Crippen LogP contribution in [0.4, 0.5) is 26.3 Å². The summed E-state index contributed by atoms with van der Waals surface area (Å²) in [6.07, 6.45) is 7.91. The lowest BCUT2D eigenvalue weighted by Crippen LogP contribution is -2.21. The predicted molar refractivity (Wildman–Crippen MR) is 186 cm³/mol. The molecule has 0 amide bonds. The number of hydrogen-bond acceptors (Lipinski definition) is 11. The Kier molecular flexibility index (Phi) is 11.8. The summed E-state index contributed by atoms with van der Waals surface area (Å²) in [5, 5.41) is 32.7. The first-order valence-corrected chi connectivity index (χ1v) is 17.2. The number of aliphatic hydroxyl groups is 1. The van der Waals surface area contributed by atoms with Gasteiger partial charge in [0.25, 0.3) is 0 Å². The van der Waals surface area contributed by atoms with Gasteiger partial charge < -0.3 is 25.2 Å². The Balaban J connectivity index is 1.29. The molecule has 3 heterocycles. The van der Waals surface area contributed by atoms with Gasteiger partial charge in [0.15, 0.2) is 39.2 Å². The van der Waals surface area contributed by atoms with E-state index < -0.39 is 11.8 Å². The summed E-state index contributed by atoms with van der Waals surface area (Å²) in [6.45, 7) is 4.70. The summed E-state index contributed by atoms with van der Waals surface area (Å²) in [7, 11) is 0. The molecule has 0 spiro atoms. The molecule has 5 rings (SSSR count). The molecule has 0 saturated carbocycles. The normalized spacial score (nSPS) is 11.4. The number of aryl methyl sites for hydroxylation is 2. The number of carboxylic acid groups (broad SMARTS) is 1. The minimum atomic E-state index is -1.13. The zero-order valence-electron chi connectivity index (χ0n) is 26.3. The van der Waals surface area contributed by atoms with E-state index in [1.54, 1.807) is 6.07 Å². The number of para-hydroxylation sites is 1. The summed E-state index contributed by atoms with van der Waals surface area (Å²) in [5.41, 5.74) is 2.46. The largest absolute Gasteiger partial charge is 0.491 e. The number of thiazole rings is 2. The second-order valence-corrected chi connectivity index (χ2v) is 12.9. The lowest BCUT2D eigenvalue weighted by Gasteiger charge is -2.21. The molecule has 0 aliphatic rings. The molecule has 0 aliphatic heterocycles. The van der Waals surface area contributed by atoms with Gasteiger partial charge in [0.1, 0.15) is 0 Å². The first-order valence-electron chi connectivity index (χ1n) is 15.5. The fraction of sp³-hybridized carbons (Fsp3) is 0.324. The van der Waals surface area contributed by atoms with Crippen molar-refractivity contribution in [3.05, 3.63) is 82.1 Å². The van der Waals surface area contributed by atoms with Gasteiger partial charge in [0.2, 0.25) is 0 Å². The number of carbonyl (C=O) groups is 1. The third kappa shape index (κ3) is 8.88. The summed E-state index contributed by atoms with van der Waals surface area (Å²) < 4.78 is 21.3. The van der Waals surface area contributed by atoms with Crippen molar-refractivity contribution in [3.8, 4) is 5.75 Å². The molecule has 10 nitrogen and oxygen atoms in total. The number of aromatic carboxylic acids is 1. The van der Waals surface area contributed by atoms with Crippen LogP contribution in [0.5, 0.6) is 5.75 Å². The molecule has 0 atom stereocenters. The molecule has 0 radical (unpaired) electrons. The van der Waals surface area contributed by atoms with E-state index in [0.717, 1.165) is 34.2 Å². The van der Waals surface area contributed by atoms with Crippen molar-refractivity contribution in [1.29, 1.82) is 0 Å². The average molecular weight is 677 g/mol. The van der Waals surface area contributed by atoms with Gasteiger partial charge in [-0.05, 0) is 80.5 Å². The monoisotopic (exact) mass is 676 g/mol. The highest BCUT2D eigenvalue weighted by Gasteiger charge is 2.23. The van der Waals surface area contributed by atoms with E-state index in [0.29, 0.717) is 59.0 Å². The number of benzene rings is 2. The van der Waals surface area contributed by atoms with Gasteiger partial charge in [0.05, 0.1) is 16.8 Å². The molecule has 3 aromatic heterocycles. The lowest BCUT2D eigenvalue weighted by atomic mass is 10.1. The van der Waals surface area contributed by atoms with E-state index in [-0.39, 0.29) is 24.7 Å². The highest BCUT2D eigenvalue weighted by Crippen LogP contribution is 2.34. The van der Waals surface area contributed by atoms with Gasteiger partial charge in [-0.1, -0.05) is 55.0 Å². The number of nitrogens with zero attached hydrogens (tertiary/aromatic N) is 5. The maximum atomic E-state index is 14.6. The topological polar surface area (TPSA) is 134 Å². The maximum Gasteiger partial charge on any atom is 0.355 e. The minimum absolute atomic E-state index is 0.0337. The van der Waals surface area contributed by atoms with Crippen LogP contribution in [0.25, 0.3) is 16.3 Å². The maximum absolute atomic E-state index is 14.6. The molecule has 0 fully saturated rings. The van der Waals surface area contributed by atoms with E-state index in [1.165, 1.54) is 28.7 Å². The molecule has 0 unspecified atom stereocenters. The second kappa shape index (κ2) is 16.4. The number of unbranched alkanes of at least 4 members (excludes halogenated alkanes) is 2. The summed E-state index contributed by atoms with van der Waals surface area (Å²) >= 11 is 2.79. The zero-order valence-corrected chi connectivity index (χ0v) is 27.9. The van der Waals surface area contributed by atoms with Crippen LogP contribution in [0.3, 0.4) is 0 Å². The number of allylic oxidation sites excluding steroid dienone is 1. The number of hydrogen-bond donors (Lipinski definition) is 3. The van der Waals surface area contributed by atoms with Crippen LogP contribution in [-0.2, 0) is 6.42 Å². The van der Waals surface area contributed by atoms with Crippen LogP contribution in [-0.4, -0.2) is 56.1 Å². The quantitative estimate of drug-likeness (QED) is 0.0828. The Morgan fingerprint density at radius 3 is 2.68 bits per heavy atom. The molecule has 2 aromatic carbocycles. The smallest absolute Gasteiger partial charge is 0.355 e. The molecule has 47 heavy (non-hydrogen) atoms. The SMILES string of the molecule is CCC/C=C/c1ccc(OCCCc2sc(N(CCCCO)c3cc(C)c(Nc4nc5ccccc5s4)nn3)nc2C(=O)O)c(F)c1. The first-order chi connectivity index (χ1) is 22.9. The van der Waals surface area contributed by atoms with Crippen LogP contribution in [0.15, 0.2) is 54.6 Å². The van der Waals surface area contributed by atoms with Crippen LogP contribution >= 0.6 is 22.7 Å². The van der Waals surface area contributed by atoms with Gasteiger partial charge in [0, 0.05) is 18.0 Å². The Hall–Kier alpha value is -4.46. The van der Waals surface area contributed by atoms with E-state index in [4.69, 9.17) is 4.74 Å². The Bertz CT molecular complexity index is 1810.